The minimum Gasteiger partial charge on any atom is -0.507 e. The number of hydrazone groups is 1. The van der Waals surface area contributed by atoms with Crippen LogP contribution in [0.25, 0.3) is 0 Å². The number of rotatable bonds is 6. The summed E-state index contributed by atoms with van der Waals surface area (Å²) in [5.74, 6) is -0.0761. The van der Waals surface area contributed by atoms with Gasteiger partial charge in [-0.25, -0.2) is 5.43 Å². The monoisotopic (exact) mass is 343 g/mol. The fourth-order valence-corrected chi connectivity index (χ4v) is 1.97. The van der Waals surface area contributed by atoms with E-state index in [0.29, 0.717) is 5.75 Å². The molecule has 0 atom stereocenters. The molecule has 8 heteroatoms. The van der Waals surface area contributed by atoms with Crippen LogP contribution in [0.3, 0.4) is 0 Å². The summed E-state index contributed by atoms with van der Waals surface area (Å²) in [6, 6.07) is 9.17. The van der Waals surface area contributed by atoms with Crippen molar-refractivity contribution in [1.29, 1.82) is 0 Å². The third-order valence-corrected chi connectivity index (χ3v) is 3.32. The van der Waals surface area contributed by atoms with Gasteiger partial charge in [-0.3, -0.25) is 14.9 Å². The van der Waals surface area contributed by atoms with E-state index in [-0.39, 0.29) is 23.6 Å². The molecule has 0 aliphatic heterocycles. The highest BCUT2D eigenvalue weighted by Crippen LogP contribution is 2.21. The van der Waals surface area contributed by atoms with Crippen LogP contribution in [0.2, 0.25) is 0 Å². The molecule has 0 saturated heterocycles. The molecule has 2 N–H and O–H groups in total. The summed E-state index contributed by atoms with van der Waals surface area (Å²) in [7, 11) is 0. The van der Waals surface area contributed by atoms with Gasteiger partial charge >= 0.3 is 0 Å². The van der Waals surface area contributed by atoms with E-state index in [0.717, 1.165) is 23.4 Å². The van der Waals surface area contributed by atoms with Gasteiger partial charge in [0.1, 0.15) is 11.5 Å². The van der Waals surface area contributed by atoms with Crippen LogP contribution in [0.5, 0.6) is 11.5 Å². The maximum absolute atomic E-state index is 11.7. The SMILES string of the molecule is Cc1ccc(C)c(OCC(=O)N/N=C\c2cc([N+](=O)[O-])ccc2O)c1. The summed E-state index contributed by atoms with van der Waals surface area (Å²) >= 11 is 0. The maximum atomic E-state index is 11.7. The number of carbonyl (C=O) groups is 1. The zero-order valence-electron chi connectivity index (χ0n) is 13.7. The number of ether oxygens (including phenoxy) is 1. The number of phenolic OH excluding ortho intramolecular Hbond substituents is 1. The summed E-state index contributed by atoms with van der Waals surface area (Å²) < 4.78 is 5.43. The molecule has 2 rings (SSSR count). The number of hydrogen-bond acceptors (Lipinski definition) is 6. The van der Waals surface area contributed by atoms with Gasteiger partial charge in [-0.2, -0.15) is 5.10 Å². The molecule has 0 unspecified atom stereocenters. The van der Waals surface area contributed by atoms with Crippen LogP contribution >= 0.6 is 0 Å². The summed E-state index contributed by atoms with van der Waals surface area (Å²) in [6.07, 6.45) is 1.12. The Morgan fingerprint density at radius 3 is 2.80 bits per heavy atom. The summed E-state index contributed by atoms with van der Waals surface area (Å²) in [5.41, 5.74) is 4.08. The first kappa shape index (κ1) is 17.9. The number of amides is 1. The predicted octanol–water partition coefficient (Wildman–Crippen LogP) is 2.45. The molecular weight excluding hydrogens is 326 g/mol. The molecule has 130 valence electrons. The van der Waals surface area contributed by atoms with Crippen molar-refractivity contribution >= 4 is 17.8 Å². The molecule has 1 amide bonds. The highest BCUT2D eigenvalue weighted by molar-refractivity contribution is 5.86. The Kier molecular flexibility index (Phi) is 5.67. The number of hydrogen-bond donors (Lipinski definition) is 2. The molecule has 0 aliphatic rings. The van der Waals surface area contributed by atoms with Crippen molar-refractivity contribution in [2.75, 3.05) is 6.61 Å². The normalized spacial score (nSPS) is 10.6. The van der Waals surface area contributed by atoms with Crippen molar-refractivity contribution in [3.63, 3.8) is 0 Å². The molecule has 0 aliphatic carbocycles. The van der Waals surface area contributed by atoms with E-state index in [1.807, 2.05) is 32.0 Å². The minimum atomic E-state index is -0.590. The maximum Gasteiger partial charge on any atom is 0.277 e. The number of nitrogens with zero attached hydrogens (tertiary/aromatic N) is 2. The summed E-state index contributed by atoms with van der Waals surface area (Å²) in [6.45, 7) is 3.56. The van der Waals surface area contributed by atoms with E-state index in [9.17, 15) is 20.0 Å². The lowest BCUT2D eigenvalue weighted by atomic mass is 10.1. The van der Waals surface area contributed by atoms with Gasteiger partial charge in [-0.05, 0) is 37.1 Å². The molecule has 0 aromatic heterocycles. The number of nitrogens with one attached hydrogen (secondary N) is 1. The largest absolute Gasteiger partial charge is 0.507 e. The molecule has 8 nitrogen and oxygen atoms in total. The van der Waals surface area contributed by atoms with Gasteiger partial charge in [0.2, 0.25) is 0 Å². The van der Waals surface area contributed by atoms with Crippen molar-refractivity contribution in [3.8, 4) is 11.5 Å². The molecular formula is C17H17N3O5. The van der Waals surface area contributed by atoms with Crippen molar-refractivity contribution in [2.45, 2.75) is 13.8 Å². The third kappa shape index (κ3) is 5.03. The van der Waals surface area contributed by atoms with Crippen molar-refractivity contribution in [3.05, 3.63) is 63.2 Å². The molecule has 0 saturated carbocycles. The standard InChI is InChI=1S/C17H17N3O5/c1-11-3-4-12(2)16(7-11)25-10-17(22)19-18-9-13-8-14(20(23)24)5-6-15(13)21/h3-9,21H,10H2,1-2H3,(H,19,22)/b18-9-. The highest BCUT2D eigenvalue weighted by Gasteiger charge is 2.09. The predicted molar refractivity (Wildman–Crippen MR) is 91.9 cm³/mol. The number of nitro benzene ring substituents is 1. The number of non-ortho nitro benzene ring substituents is 1. The minimum absolute atomic E-state index is 0.116. The van der Waals surface area contributed by atoms with Crippen molar-refractivity contribution < 1.29 is 19.6 Å². The average molecular weight is 343 g/mol. The fraction of sp³-hybridized carbons (Fsp3) is 0.176. The average Bonchev–Trinajstić information content (AvgIpc) is 2.57. The lowest BCUT2D eigenvalue weighted by Gasteiger charge is -2.08. The second kappa shape index (κ2) is 7.91. The van der Waals surface area contributed by atoms with Gasteiger partial charge in [0, 0.05) is 17.7 Å². The molecule has 2 aromatic rings. The van der Waals surface area contributed by atoms with Crippen LogP contribution in [0.15, 0.2) is 41.5 Å². The molecule has 0 heterocycles. The molecule has 25 heavy (non-hydrogen) atoms. The van der Waals surface area contributed by atoms with Gasteiger partial charge in [0.15, 0.2) is 6.61 Å². The Morgan fingerprint density at radius 2 is 2.08 bits per heavy atom. The lowest BCUT2D eigenvalue weighted by molar-refractivity contribution is -0.384. The van der Waals surface area contributed by atoms with E-state index in [1.165, 1.54) is 12.1 Å². The van der Waals surface area contributed by atoms with Crippen LogP contribution < -0.4 is 10.2 Å². The fourth-order valence-electron chi connectivity index (χ4n) is 1.97. The second-order valence-electron chi connectivity index (χ2n) is 5.35. The van der Waals surface area contributed by atoms with Crippen LogP contribution in [0, 0.1) is 24.0 Å². The van der Waals surface area contributed by atoms with Crippen LogP contribution in [0.4, 0.5) is 5.69 Å². The van der Waals surface area contributed by atoms with Gasteiger partial charge in [0.05, 0.1) is 11.1 Å². The first-order valence-corrected chi connectivity index (χ1v) is 7.36. The summed E-state index contributed by atoms with van der Waals surface area (Å²) in [4.78, 5) is 21.9. The van der Waals surface area contributed by atoms with E-state index in [2.05, 4.69) is 10.5 Å². The summed E-state index contributed by atoms with van der Waals surface area (Å²) in [5, 5.41) is 24.0. The van der Waals surface area contributed by atoms with Crippen LogP contribution in [-0.2, 0) is 4.79 Å². The van der Waals surface area contributed by atoms with Crippen molar-refractivity contribution in [1.82, 2.24) is 5.43 Å². The lowest BCUT2D eigenvalue weighted by Crippen LogP contribution is -2.24. The Hall–Kier alpha value is -3.42. The number of aryl methyl sites for hydroxylation is 2. The van der Waals surface area contributed by atoms with Gasteiger partial charge in [-0.1, -0.05) is 12.1 Å². The van der Waals surface area contributed by atoms with Crippen LogP contribution in [0.1, 0.15) is 16.7 Å². The number of phenols is 1. The number of carbonyl (C=O) groups excluding carboxylic acids is 1. The highest BCUT2D eigenvalue weighted by atomic mass is 16.6. The molecule has 0 fully saturated rings. The van der Waals surface area contributed by atoms with Crippen molar-refractivity contribution in [2.24, 2.45) is 5.10 Å². The third-order valence-electron chi connectivity index (χ3n) is 3.32. The van der Waals surface area contributed by atoms with E-state index >= 15 is 0 Å². The number of nitro groups is 1. The van der Waals surface area contributed by atoms with E-state index < -0.39 is 10.8 Å². The smallest absolute Gasteiger partial charge is 0.277 e. The van der Waals surface area contributed by atoms with E-state index in [4.69, 9.17) is 4.74 Å². The number of benzene rings is 2. The first-order valence-electron chi connectivity index (χ1n) is 7.36. The zero-order chi connectivity index (χ0) is 18.4. The Labute approximate surface area is 143 Å². The second-order valence-corrected chi connectivity index (χ2v) is 5.35. The Bertz CT molecular complexity index is 833. The van der Waals surface area contributed by atoms with Gasteiger partial charge < -0.3 is 9.84 Å². The van der Waals surface area contributed by atoms with Crippen LogP contribution in [-0.4, -0.2) is 28.8 Å². The quantitative estimate of drug-likeness (QED) is 0.475. The molecule has 0 radical (unpaired) electrons. The molecule has 0 bridgehead atoms. The Balaban J connectivity index is 1.93. The first-order chi connectivity index (χ1) is 11.9. The van der Waals surface area contributed by atoms with Gasteiger partial charge in [0.25, 0.3) is 11.6 Å². The van der Waals surface area contributed by atoms with Gasteiger partial charge in [-0.15, -0.1) is 0 Å². The molecule has 0 spiro atoms. The zero-order valence-corrected chi connectivity index (χ0v) is 13.7. The topological polar surface area (TPSA) is 114 Å². The van der Waals surface area contributed by atoms with E-state index in [1.54, 1.807) is 0 Å². The molecule has 2 aromatic carbocycles. The Morgan fingerprint density at radius 1 is 1.32 bits per heavy atom. The number of aromatic hydroxyl groups is 1.